The van der Waals surface area contributed by atoms with E-state index in [4.69, 9.17) is 4.74 Å². The zero-order chi connectivity index (χ0) is 14.9. The van der Waals surface area contributed by atoms with Crippen LogP contribution >= 0.6 is 45.2 Å². The molecule has 1 unspecified atom stereocenters. The van der Waals surface area contributed by atoms with Gasteiger partial charge in [-0.15, -0.1) is 0 Å². The Bertz CT molecular complexity index is 520. The van der Waals surface area contributed by atoms with Crippen LogP contribution in [0.3, 0.4) is 0 Å². The minimum absolute atomic E-state index is 0.0428. The number of ether oxygens (including phenoxy) is 1. The van der Waals surface area contributed by atoms with Crippen LogP contribution < -0.4 is 4.74 Å². The normalized spacial score (nSPS) is 18.8. The maximum absolute atomic E-state index is 12.5. The Kier molecular flexibility index (Phi) is 5.52. The Morgan fingerprint density at radius 1 is 1.40 bits per heavy atom. The van der Waals surface area contributed by atoms with E-state index in [1.165, 1.54) is 0 Å². The third-order valence-corrected chi connectivity index (χ3v) is 4.67. The third-order valence-electron chi connectivity index (χ3n) is 3.25. The highest BCUT2D eigenvalue weighted by atomic mass is 127. The smallest absolute Gasteiger partial charge is 0.257 e. The van der Waals surface area contributed by atoms with Crippen LogP contribution in [0.4, 0.5) is 0 Å². The number of carbonyl (C=O) groups is 1. The Hall–Kier alpha value is -0.0900. The number of hydrogen-bond donors (Lipinski definition) is 0. The molecule has 4 nitrogen and oxygen atoms in total. The van der Waals surface area contributed by atoms with Crippen molar-refractivity contribution in [3.05, 3.63) is 24.8 Å². The van der Waals surface area contributed by atoms with Gasteiger partial charge in [-0.2, -0.15) is 0 Å². The first-order chi connectivity index (χ1) is 9.38. The van der Waals surface area contributed by atoms with Crippen LogP contribution in [0.15, 0.2) is 12.1 Å². The van der Waals surface area contributed by atoms with Crippen molar-refractivity contribution in [2.75, 3.05) is 34.2 Å². The van der Waals surface area contributed by atoms with Gasteiger partial charge in [0.05, 0.1) is 15.7 Å². The molecule has 2 rings (SSSR count). The second-order valence-electron chi connectivity index (χ2n) is 5.28. The van der Waals surface area contributed by atoms with E-state index in [9.17, 15) is 4.79 Å². The molecular weight excluding hydrogens is 482 g/mol. The lowest BCUT2D eigenvalue weighted by Crippen LogP contribution is -2.35. The van der Waals surface area contributed by atoms with E-state index in [2.05, 4.69) is 50.1 Å². The number of benzene rings is 1. The number of fused-ring (bicyclic) bond motifs is 1. The van der Waals surface area contributed by atoms with Crippen LogP contribution in [-0.2, 0) is 0 Å². The highest BCUT2D eigenvalue weighted by molar-refractivity contribution is 14.1. The lowest BCUT2D eigenvalue weighted by atomic mass is 10.2. The maximum Gasteiger partial charge on any atom is 0.257 e. The summed E-state index contributed by atoms with van der Waals surface area (Å²) in [6.07, 6.45) is 0.952. The molecule has 0 spiro atoms. The summed E-state index contributed by atoms with van der Waals surface area (Å²) in [4.78, 5) is 16.4. The van der Waals surface area contributed by atoms with Gasteiger partial charge >= 0.3 is 0 Å². The molecule has 1 atom stereocenters. The summed E-state index contributed by atoms with van der Waals surface area (Å²) in [5.74, 6) is 0.785. The Morgan fingerprint density at radius 2 is 2.10 bits per heavy atom. The summed E-state index contributed by atoms with van der Waals surface area (Å²) in [5, 5.41) is 0. The van der Waals surface area contributed by atoms with E-state index in [1.54, 1.807) is 4.90 Å². The van der Waals surface area contributed by atoms with Gasteiger partial charge in [0, 0.05) is 17.2 Å². The molecule has 110 valence electrons. The number of likely N-dealkylation sites (N-methyl/N-ethyl adjacent to an activating group) is 1. The van der Waals surface area contributed by atoms with Gasteiger partial charge in [0.25, 0.3) is 5.91 Å². The van der Waals surface area contributed by atoms with Crippen LogP contribution in [0.2, 0.25) is 0 Å². The van der Waals surface area contributed by atoms with E-state index in [1.807, 2.05) is 33.3 Å². The minimum Gasteiger partial charge on any atom is -0.487 e. The van der Waals surface area contributed by atoms with Gasteiger partial charge in [-0.05, 0) is 77.8 Å². The Labute approximate surface area is 147 Å². The van der Waals surface area contributed by atoms with Crippen LogP contribution in [0.1, 0.15) is 16.8 Å². The summed E-state index contributed by atoms with van der Waals surface area (Å²) in [6, 6.07) is 3.95. The van der Waals surface area contributed by atoms with Crippen molar-refractivity contribution < 1.29 is 9.53 Å². The lowest BCUT2D eigenvalue weighted by Gasteiger charge is -2.22. The van der Waals surface area contributed by atoms with Crippen molar-refractivity contribution in [3.8, 4) is 5.75 Å². The second-order valence-corrected chi connectivity index (χ2v) is 7.69. The highest BCUT2D eigenvalue weighted by Gasteiger charge is 2.28. The van der Waals surface area contributed by atoms with Crippen molar-refractivity contribution in [1.82, 2.24) is 9.80 Å². The molecule has 20 heavy (non-hydrogen) atoms. The number of amides is 1. The van der Waals surface area contributed by atoms with Gasteiger partial charge in [0.15, 0.2) is 0 Å². The number of hydrogen-bond acceptors (Lipinski definition) is 3. The van der Waals surface area contributed by atoms with Crippen molar-refractivity contribution in [3.63, 3.8) is 0 Å². The number of rotatable bonds is 3. The monoisotopic (exact) mass is 500 g/mol. The van der Waals surface area contributed by atoms with Crippen molar-refractivity contribution >= 4 is 51.1 Å². The zero-order valence-corrected chi connectivity index (χ0v) is 16.1. The Balaban J connectivity index is 2.32. The fourth-order valence-corrected chi connectivity index (χ4v) is 4.16. The molecule has 0 saturated heterocycles. The topological polar surface area (TPSA) is 32.8 Å². The highest BCUT2D eigenvalue weighted by Crippen LogP contribution is 2.32. The average Bonchev–Trinajstić information content (AvgIpc) is 2.47. The molecule has 0 fully saturated rings. The van der Waals surface area contributed by atoms with E-state index in [0.717, 1.165) is 25.9 Å². The summed E-state index contributed by atoms with van der Waals surface area (Å²) in [7, 11) is 5.94. The zero-order valence-electron chi connectivity index (χ0n) is 11.8. The van der Waals surface area contributed by atoms with Gasteiger partial charge in [-0.25, -0.2) is 0 Å². The lowest BCUT2D eigenvalue weighted by molar-refractivity contribution is 0.0750. The standard InChI is InChI=1S/C14H18I2N2O2/c1-17(2)5-4-10-8-18(3)14(19)11-6-9(15)7-12(16)13(11)20-10/h6-7,10H,4-5,8H2,1-3H3. The predicted molar refractivity (Wildman–Crippen MR) is 96.4 cm³/mol. The molecule has 0 N–H and O–H groups in total. The molecule has 0 radical (unpaired) electrons. The molecule has 1 aliphatic rings. The minimum atomic E-state index is 0.0428. The summed E-state index contributed by atoms with van der Waals surface area (Å²) < 4.78 is 8.19. The largest absolute Gasteiger partial charge is 0.487 e. The first-order valence-electron chi connectivity index (χ1n) is 6.44. The molecule has 0 aromatic heterocycles. The van der Waals surface area contributed by atoms with Crippen LogP contribution in [0.25, 0.3) is 0 Å². The van der Waals surface area contributed by atoms with Gasteiger partial charge in [0.1, 0.15) is 11.9 Å². The first-order valence-corrected chi connectivity index (χ1v) is 8.60. The molecule has 1 aromatic carbocycles. The first kappa shape index (κ1) is 16.3. The average molecular weight is 500 g/mol. The molecule has 1 aliphatic heterocycles. The molecule has 1 aromatic rings. The number of carbonyl (C=O) groups excluding carboxylic acids is 1. The number of nitrogens with zero attached hydrogens (tertiary/aromatic N) is 2. The van der Waals surface area contributed by atoms with Crippen LogP contribution in [0.5, 0.6) is 5.75 Å². The Morgan fingerprint density at radius 3 is 2.75 bits per heavy atom. The summed E-state index contributed by atoms with van der Waals surface area (Å²) in [5.41, 5.74) is 0.677. The third kappa shape index (κ3) is 3.76. The SMILES string of the molecule is CN(C)CCC1CN(C)C(=O)c2cc(I)cc(I)c2O1. The molecule has 1 heterocycles. The predicted octanol–water partition coefficient (Wildman–Crippen LogP) is 2.68. The summed E-state index contributed by atoms with van der Waals surface area (Å²) in [6.45, 7) is 1.58. The quantitative estimate of drug-likeness (QED) is 0.599. The number of halogens is 2. The fraction of sp³-hybridized carbons (Fsp3) is 0.500. The van der Waals surface area contributed by atoms with Crippen molar-refractivity contribution in [2.45, 2.75) is 12.5 Å². The molecular formula is C14H18I2N2O2. The van der Waals surface area contributed by atoms with E-state index >= 15 is 0 Å². The molecule has 6 heteroatoms. The van der Waals surface area contributed by atoms with Crippen molar-refractivity contribution in [2.24, 2.45) is 0 Å². The van der Waals surface area contributed by atoms with Crippen molar-refractivity contribution in [1.29, 1.82) is 0 Å². The van der Waals surface area contributed by atoms with Gasteiger partial charge in [-0.1, -0.05) is 0 Å². The van der Waals surface area contributed by atoms with E-state index in [-0.39, 0.29) is 12.0 Å². The van der Waals surface area contributed by atoms with E-state index in [0.29, 0.717) is 12.1 Å². The van der Waals surface area contributed by atoms with Gasteiger partial charge in [-0.3, -0.25) is 4.79 Å². The van der Waals surface area contributed by atoms with Gasteiger partial charge < -0.3 is 14.5 Å². The van der Waals surface area contributed by atoms with Crippen LogP contribution in [0, 0.1) is 7.14 Å². The van der Waals surface area contributed by atoms with Crippen LogP contribution in [-0.4, -0.2) is 56.0 Å². The molecule has 0 aliphatic carbocycles. The maximum atomic E-state index is 12.5. The molecule has 0 bridgehead atoms. The van der Waals surface area contributed by atoms with E-state index < -0.39 is 0 Å². The second kappa shape index (κ2) is 6.78. The molecule has 1 amide bonds. The fourth-order valence-electron chi connectivity index (χ4n) is 2.19. The van der Waals surface area contributed by atoms with Gasteiger partial charge in [0.2, 0.25) is 0 Å². The summed E-state index contributed by atoms with van der Waals surface area (Å²) >= 11 is 4.48. The molecule has 0 saturated carbocycles.